The standard InChI is InChI=1S/C4H10N2.C2H4.BrH/c1-2-6-4-3-5-1;1-2;/h5-6H,1-4H2;1-2H2;1H. The lowest BCUT2D eigenvalue weighted by Crippen LogP contribution is -2.39. The number of piperazine rings is 1. The van der Waals surface area contributed by atoms with Crippen LogP contribution < -0.4 is 10.6 Å². The first-order valence-corrected chi connectivity index (χ1v) is 2.91. The maximum Gasteiger partial charge on any atom is 0.00772 e. The highest BCUT2D eigenvalue weighted by molar-refractivity contribution is 8.93. The molecule has 0 aromatic carbocycles. The Morgan fingerprint density at radius 1 is 0.778 bits per heavy atom. The Balaban J connectivity index is 0. The Hall–Kier alpha value is 0.140. The minimum atomic E-state index is 0. The summed E-state index contributed by atoms with van der Waals surface area (Å²) >= 11 is 0. The largest absolute Gasteiger partial charge is 0.314 e. The molecule has 1 fully saturated rings. The first kappa shape index (κ1) is 11.9. The lowest BCUT2D eigenvalue weighted by atomic mass is 10.4. The van der Waals surface area contributed by atoms with Gasteiger partial charge in [0.25, 0.3) is 0 Å². The van der Waals surface area contributed by atoms with Crippen molar-refractivity contribution in [2.45, 2.75) is 0 Å². The van der Waals surface area contributed by atoms with Gasteiger partial charge in [0.05, 0.1) is 0 Å². The molecule has 3 heteroatoms. The Morgan fingerprint density at radius 3 is 1.11 bits per heavy atom. The van der Waals surface area contributed by atoms with Gasteiger partial charge in [-0.1, -0.05) is 0 Å². The number of rotatable bonds is 0. The van der Waals surface area contributed by atoms with Gasteiger partial charge in [-0.15, -0.1) is 30.1 Å². The highest BCUT2D eigenvalue weighted by Gasteiger charge is 1.91. The Morgan fingerprint density at radius 2 is 1.00 bits per heavy atom. The van der Waals surface area contributed by atoms with E-state index < -0.39 is 0 Å². The molecule has 2 N–H and O–H groups in total. The van der Waals surface area contributed by atoms with Crippen molar-refractivity contribution < 1.29 is 0 Å². The van der Waals surface area contributed by atoms with Crippen LogP contribution in [-0.2, 0) is 0 Å². The van der Waals surface area contributed by atoms with Gasteiger partial charge >= 0.3 is 0 Å². The van der Waals surface area contributed by atoms with E-state index in [-0.39, 0.29) is 17.0 Å². The maximum atomic E-state index is 3.22. The lowest BCUT2D eigenvalue weighted by molar-refractivity contribution is 0.534. The zero-order chi connectivity index (χ0) is 6.24. The number of hydrogen-bond donors (Lipinski definition) is 2. The fourth-order valence-corrected chi connectivity index (χ4v) is 0.604. The van der Waals surface area contributed by atoms with Crippen LogP contribution in [0.3, 0.4) is 0 Å². The first-order chi connectivity index (χ1) is 4.00. The van der Waals surface area contributed by atoms with Gasteiger partial charge < -0.3 is 10.6 Å². The van der Waals surface area contributed by atoms with Crippen LogP contribution in [-0.4, -0.2) is 26.2 Å². The van der Waals surface area contributed by atoms with E-state index >= 15 is 0 Å². The Bertz CT molecular complexity index is 34.8. The average Bonchev–Trinajstić information content (AvgIpc) is 1.96. The third-order valence-electron chi connectivity index (χ3n) is 0.957. The summed E-state index contributed by atoms with van der Waals surface area (Å²) in [6.07, 6.45) is 0. The molecule has 0 aromatic heterocycles. The van der Waals surface area contributed by atoms with Crippen molar-refractivity contribution in [3.8, 4) is 0 Å². The molecule has 1 aliphatic rings. The normalized spacial score (nSPS) is 16.4. The molecule has 0 aromatic rings. The number of halogens is 1. The summed E-state index contributed by atoms with van der Waals surface area (Å²) in [5, 5.41) is 6.44. The van der Waals surface area contributed by atoms with Gasteiger partial charge in [-0.25, -0.2) is 0 Å². The van der Waals surface area contributed by atoms with Gasteiger partial charge in [0.2, 0.25) is 0 Å². The molecular formula is C6H15BrN2. The van der Waals surface area contributed by atoms with Crippen molar-refractivity contribution in [1.82, 2.24) is 10.6 Å². The van der Waals surface area contributed by atoms with Crippen LogP contribution in [0.2, 0.25) is 0 Å². The smallest absolute Gasteiger partial charge is 0.00772 e. The second-order valence-electron chi connectivity index (χ2n) is 1.50. The molecule has 0 atom stereocenters. The topological polar surface area (TPSA) is 24.1 Å². The summed E-state index contributed by atoms with van der Waals surface area (Å²) in [5.41, 5.74) is 0. The number of nitrogens with one attached hydrogen (secondary N) is 2. The van der Waals surface area contributed by atoms with Gasteiger partial charge in [0, 0.05) is 26.2 Å². The highest BCUT2D eigenvalue weighted by Crippen LogP contribution is 1.65. The number of hydrogen-bond acceptors (Lipinski definition) is 2. The summed E-state index contributed by atoms with van der Waals surface area (Å²) in [4.78, 5) is 0. The van der Waals surface area contributed by atoms with Gasteiger partial charge in [0.15, 0.2) is 0 Å². The molecule has 0 spiro atoms. The Labute approximate surface area is 67.5 Å². The van der Waals surface area contributed by atoms with Gasteiger partial charge in [-0.3, -0.25) is 0 Å². The van der Waals surface area contributed by atoms with E-state index in [0.29, 0.717) is 0 Å². The molecule has 0 saturated carbocycles. The van der Waals surface area contributed by atoms with Gasteiger partial charge in [-0.05, 0) is 0 Å². The van der Waals surface area contributed by atoms with Crippen LogP contribution in [0.1, 0.15) is 0 Å². The van der Waals surface area contributed by atoms with E-state index in [1.165, 1.54) is 0 Å². The van der Waals surface area contributed by atoms with E-state index in [1.807, 2.05) is 0 Å². The predicted octanol–water partition coefficient (Wildman–Crippen LogP) is 0.559. The van der Waals surface area contributed by atoms with Crippen molar-refractivity contribution in [2.75, 3.05) is 26.2 Å². The molecule has 1 saturated heterocycles. The van der Waals surface area contributed by atoms with E-state index in [9.17, 15) is 0 Å². The van der Waals surface area contributed by atoms with E-state index in [1.54, 1.807) is 0 Å². The van der Waals surface area contributed by atoms with Crippen molar-refractivity contribution in [3.05, 3.63) is 13.2 Å². The molecular weight excluding hydrogens is 180 g/mol. The van der Waals surface area contributed by atoms with Crippen molar-refractivity contribution in [1.29, 1.82) is 0 Å². The second-order valence-corrected chi connectivity index (χ2v) is 1.50. The van der Waals surface area contributed by atoms with E-state index in [2.05, 4.69) is 23.8 Å². The van der Waals surface area contributed by atoms with Crippen molar-refractivity contribution in [2.24, 2.45) is 0 Å². The van der Waals surface area contributed by atoms with Crippen LogP contribution in [0.5, 0.6) is 0 Å². The highest BCUT2D eigenvalue weighted by atomic mass is 79.9. The molecule has 0 radical (unpaired) electrons. The maximum absolute atomic E-state index is 3.22. The van der Waals surface area contributed by atoms with Gasteiger partial charge in [-0.2, -0.15) is 0 Å². The van der Waals surface area contributed by atoms with Crippen molar-refractivity contribution >= 4 is 17.0 Å². The van der Waals surface area contributed by atoms with Crippen LogP contribution in [0.15, 0.2) is 13.2 Å². The Kier molecular flexibility index (Phi) is 14.5. The summed E-state index contributed by atoms with van der Waals surface area (Å²) < 4.78 is 0. The molecule has 56 valence electrons. The minimum Gasteiger partial charge on any atom is -0.314 e. The quantitative estimate of drug-likeness (QED) is 0.552. The fourth-order valence-electron chi connectivity index (χ4n) is 0.604. The summed E-state index contributed by atoms with van der Waals surface area (Å²) in [6, 6.07) is 0. The van der Waals surface area contributed by atoms with E-state index in [0.717, 1.165) is 26.2 Å². The van der Waals surface area contributed by atoms with Crippen LogP contribution in [0.25, 0.3) is 0 Å². The summed E-state index contributed by atoms with van der Waals surface area (Å²) in [5.74, 6) is 0. The first-order valence-electron chi connectivity index (χ1n) is 2.91. The second kappa shape index (κ2) is 11.0. The average molecular weight is 195 g/mol. The molecule has 0 unspecified atom stereocenters. The minimum absolute atomic E-state index is 0. The monoisotopic (exact) mass is 194 g/mol. The predicted molar refractivity (Wildman–Crippen MR) is 47.3 cm³/mol. The summed E-state index contributed by atoms with van der Waals surface area (Å²) in [6.45, 7) is 10.6. The van der Waals surface area contributed by atoms with Crippen LogP contribution in [0.4, 0.5) is 0 Å². The molecule has 0 amide bonds. The third-order valence-corrected chi connectivity index (χ3v) is 0.957. The third kappa shape index (κ3) is 8.14. The molecule has 0 aliphatic carbocycles. The lowest BCUT2D eigenvalue weighted by Gasteiger charge is -2.11. The van der Waals surface area contributed by atoms with Crippen LogP contribution >= 0.6 is 17.0 Å². The molecule has 0 bridgehead atoms. The zero-order valence-electron chi connectivity index (χ0n) is 5.65. The summed E-state index contributed by atoms with van der Waals surface area (Å²) in [7, 11) is 0. The molecule has 2 nitrogen and oxygen atoms in total. The fraction of sp³-hybridized carbons (Fsp3) is 0.667. The molecule has 1 heterocycles. The van der Waals surface area contributed by atoms with E-state index in [4.69, 9.17) is 0 Å². The van der Waals surface area contributed by atoms with Crippen molar-refractivity contribution in [3.63, 3.8) is 0 Å². The molecule has 1 aliphatic heterocycles. The molecule has 1 rings (SSSR count). The van der Waals surface area contributed by atoms with Gasteiger partial charge in [0.1, 0.15) is 0 Å². The van der Waals surface area contributed by atoms with Crippen LogP contribution in [0, 0.1) is 0 Å². The zero-order valence-corrected chi connectivity index (χ0v) is 7.36. The SMILES string of the molecule is Br.C1CNCCN1.C=C. The molecule has 9 heavy (non-hydrogen) atoms.